The molecular formula is C14H20IN. The molecule has 16 heavy (non-hydrogen) atoms. The zero-order valence-corrected chi connectivity index (χ0v) is 12.1. The van der Waals surface area contributed by atoms with E-state index in [0.29, 0.717) is 0 Å². The standard InChI is InChI=1S/C14H20IN/c1-11-9-13(15)7-8-14(11)16-10-12-5-3-2-4-6-12/h7-9,12,16H,2-6,10H2,1H3. The van der Waals surface area contributed by atoms with Gasteiger partial charge in [-0.05, 0) is 72.0 Å². The van der Waals surface area contributed by atoms with Gasteiger partial charge in [0.05, 0.1) is 0 Å². The van der Waals surface area contributed by atoms with Gasteiger partial charge in [0, 0.05) is 15.8 Å². The molecule has 0 bridgehead atoms. The highest BCUT2D eigenvalue weighted by Gasteiger charge is 2.13. The first kappa shape index (κ1) is 12.2. The van der Waals surface area contributed by atoms with E-state index < -0.39 is 0 Å². The maximum Gasteiger partial charge on any atom is 0.0370 e. The molecule has 1 aliphatic carbocycles. The normalized spacial score (nSPS) is 17.4. The average Bonchev–Trinajstić information content (AvgIpc) is 2.29. The fourth-order valence-electron chi connectivity index (χ4n) is 2.47. The van der Waals surface area contributed by atoms with Gasteiger partial charge in [-0.1, -0.05) is 19.3 Å². The van der Waals surface area contributed by atoms with Crippen LogP contribution in [0.3, 0.4) is 0 Å². The Labute approximate surface area is 112 Å². The van der Waals surface area contributed by atoms with Crippen LogP contribution < -0.4 is 5.32 Å². The van der Waals surface area contributed by atoms with Crippen LogP contribution in [0.2, 0.25) is 0 Å². The second kappa shape index (κ2) is 5.89. The van der Waals surface area contributed by atoms with Crippen molar-refractivity contribution in [1.29, 1.82) is 0 Å². The van der Waals surface area contributed by atoms with Gasteiger partial charge in [-0.25, -0.2) is 0 Å². The summed E-state index contributed by atoms with van der Waals surface area (Å²) in [5.74, 6) is 0.896. The Balaban J connectivity index is 1.88. The van der Waals surface area contributed by atoms with E-state index in [1.54, 1.807) is 0 Å². The van der Waals surface area contributed by atoms with Gasteiger partial charge in [0.2, 0.25) is 0 Å². The Kier molecular flexibility index (Phi) is 4.50. The molecule has 1 aromatic carbocycles. The summed E-state index contributed by atoms with van der Waals surface area (Å²) < 4.78 is 1.32. The van der Waals surface area contributed by atoms with E-state index >= 15 is 0 Å². The number of nitrogens with one attached hydrogen (secondary N) is 1. The summed E-state index contributed by atoms with van der Waals surface area (Å²) in [4.78, 5) is 0. The molecule has 0 spiro atoms. The highest BCUT2D eigenvalue weighted by molar-refractivity contribution is 14.1. The molecule has 1 N–H and O–H groups in total. The van der Waals surface area contributed by atoms with Crippen molar-refractivity contribution in [3.63, 3.8) is 0 Å². The molecule has 1 aliphatic rings. The lowest BCUT2D eigenvalue weighted by atomic mass is 9.89. The Morgan fingerprint density at radius 1 is 1.25 bits per heavy atom. The topological polar surface area (TPSA) is 12.0 Å². The first-order chi connectivity index (χ1) is 7.75. The highest BCUT2D eigenvalue weighted by Crippen LogP contribution is 2.25. The van der Waals surface area contributed by atoms with Crippen LogP contribution in [-0.2, 0) is 0 Å². The summed E-state index contributed by atoms with van der Waals surface area (Å²) in [6.45, 7) is 3.34. The molecule has 88 valence electrons. The highest BCUT2D eigenvalue weighted by atomic mass is 127. The van der Waals surface area contributed by atoms with E-state index in [4.69, 9.17) is 0 Å². The summed E-state index contributed by atoms with van der Waals surface area (Å²) in [5, 5.41) is 3.61. The Morgan fingerprint density at radius 3 is 2.69 bits per heavy atom. The second-order valence-electron chi connectivity index (χ2n) is 4.84. The fraction of sp³-hybridized carbons (Fsp3) is 0.571. The number of anilines is 1. The van der Waals surface area contributed by atoms with Crippen molar-refractivity contribution >= 4 is 28.3 Å². The van der Waals surface area contributed by atoms with Crippen molar-refractivity contribution in [2.75, 3.05) is 11.9 Å². The van der Waals surface area contributed by atoms with E-state index in [1.807, 2.05) is 0 Å². The summed E-state index contributed by atoms with van der Waals surface area (Å²) in [6, 6.07) is 6.63. The van der Waals surface area contributed by atoms with Crippen LogP contribution in [0.4, 0.5) is 5.69 Å². The van der Waals surface area contributed by atoms with Crippen LogP contribution in [0.15, 0.2) is 18.2 Å². The molecule has 1 nitrogen and oxygen atoms in total. The molecule has 0 radical (unpaired) electrons. The number of hydrogen-bond donors (Lipinski definition) is 1. The van der Waals surface area contributed by atoms with Crippen LogP contribution in [0, 0.1) is 16.4 Å². The predicted octanol–water partition coefficient (Wildman–Crippen LogP) is 4.59. The molecule has 0 aromatic heterocycles. The van der Waals surface area contributed by atoms with Gasteiger partial charge in [-0.15, -0.1) is 0 Å². The van der Waals surface area contributed by atoms with Crippen molar-refractivity contribution in [2.45, 2.75) is 39.0 Å². The smallest absolute Gasteiger partial charge is 0.0370 e. The van der Waals surface area contributed by atoms with Crippen LogP contribution >= 0.6 is 22.6 Å². The SMILES string of the molecule is Cc1cc(I)ccc1NCC1CCCCC1. The first-order valence-corrected chi connectivity index (χ1v) is 7.33. The molecule has 1 fully saturated rings. The third-order valence-corrected chi connectivity index (χ3v) is 4.17. The minimum Gasteiger partial charge on any atom is -0.385 e. The predicted molar refractivity (Wildman–Crippen MR) is 79.0 cm³/mol. The van der Waals surface area contributed by atoms with Gasteiger partial charge in [0.1, 0.15) is 0 Å². The van der Waals surface area contributed by atoms with E-state index in [-0.39, 0.29) is 0 Å². The number of aryl methyl sites for hydroxylation is 1. The van der Waals surface area contributed by atoms with Gasteiger partial charge in [0.15, 0.2) is 0 Å². The van der Waals surface area contributed by atoms with Gasteiger partial charge in [-0.3, -0.25) is 0 Å². The Hall–Kier alpha value is -0.250. The molecule has 2 rings (SSSR count). The van der Waals surface area contributed by atoms with Crippen LogP contribution in [0.25, 0.3) is 0 Å². The van der Waals surface area contributed by atoms with Gasteiger partial charge < -0.3 is 5.32 Å². The minimum absolute atomic E-state index is 0.896. The Morgan fingerprint density at radius 2 is 2.00 bits per heavy atom. The molecular weight excluding hydrogens is 309 g/mol. The molecule has 0 heterocycles. The third-order valence-electron chi connectivity index (χ3n) is 3.49. The quantitative estimate of drug-likeness (QED) is 0.800. The molecule has 0 amide bonds. The molecule has 0 aliphatic heterocycles. The zero-order valence-electron chi connectivity index (χ0n) is 9.93. The van der Waals surface area contributed by atoms with Crippen molar-refractivity contribution in [1.82, 2.24) is 0 Å². The third kappa shape index (κ3) is 3.37. The van der Waals surface area contributed by atoms with Crippen molar-refractivity contribution in [3.05, 3.63) is 27.3 Å². The lowest BCUT2D eigenvalue weighted by Gasteiger charge is -2.22. The van der Waals surface area contributed by atoms with E-state index in [0.717, 1.165) is 12.5 Å². The van der Waals surface area contributed by atoms with E-state index in [9.17, 15) is 0 Å². The van der Waals surface area contributed by atoms with Gasteiger partial charge in [-0.2, -0.15) is 0 Å². The molecule has 0 atom stereocenters. The number of rotatable bonds is 3. The molecule has 1 saturated carbocycles. The number of hydrogen-bond acceptors (Lipinski definition) is 1. The average molecular weight is 329 g/mol. The molecule has 0 saturated heterocycles. The summed E-state index contributed by atoms with van der Waals surface area (Å²) in [7, 11) is 0. The monoisotopic (exact) mass is 329 g/mol. The summed E-state index contributed by atoms with van der Waals surface area (Å²) >= 11 is 2.37. The lowest BCUT2D eigenvalue weighted by molar-refractivity contribution is 0.373. The van der Waals surface area contributed by atoms with Gasteiger partial charge >= 0.3 is 0 Å². The van der Waals surface area contributed by atoms with Crippen LogP contribution in [0.1, 0.15) is 37.7 Å². The van der Waals surface area contributed by atoms with Crippen molar-refractivity contribution in [2.24, 2.45) is 5.92 Å². The minimum atomic E-state index is 0.896. The molecule has 1 aromatic rings. The van der Waals surface area contributed by atoms with Crippen molar-refractivity contribution < 1.29 is 0 Å². The number of halogens is 1. The first-order valence-electron chi connectivity index (χ1n) is 6.26. The zero-order chi connectivity index (χ0) is 11.4. The second-order valence-corrected chi connectivity index (χ2v) is 6.09. The van der Waals surface area contributed by atoms with Crippen LogP contribution in [-0.4, -0.2) is 6.54 Å². The maximum absolute atomic E-state index is 3.61. The van der Waals surface area contributed by atoms with Crippen LogP contribution in [0.5, 0.6) is 0 Å². The van der Waals surface area contributed by atoms with E-state index in [1.165, 1.54) is 46.9 Å². The largest absolute Gasteiger partial charge is 0.385 e. The van der Waals surface area contributed by atoms with Gasteiger partial charge in [0.25, 0.3) is 0 Å². The summed E-state index contributed by atoms with van der Waals surface area (Å²) in [5.41, 5.74) is 2.67. The lowest BCUT2D eigenvalue weighted by Crippen LogP contribution is -2.17. The number of benzene rings is 1. The summed E-state index contributed by atoms with van der Waals surface area (Å²) in [6.07, 6.45) is 7.13. The fourth-order valence-corrected chi connectivity index (χ4v) is 3.12. The molecule has 0 unspecified atom stereocenters. The molecule has 2 heteroatoms. The van der Waals surface area contributed by atoms with E-state index in [2.05, 4.69) is 53.0 Å². The van der Waals surface area contributed by atoms with Crippen molar-refractivity contribution in [3.8, 4) is 0 Å². The maximum atomic E-state index is 3.61. The Bertz CT molecular complexity index is 343.